The molecule has 1 aliphatic rings. The Balaban J connectivity index is 1.65. The van der Waals surface area contributed by atoms with E-state index in [1.807, 2.05) is 19.2 Å². The number of rotatable bonds is 9. The van der Waals surface area contributed by atoms with Gasteiger partial charge >= 0.3 is 0 Å². The number of nitrogens with one attached hydrogen (secondary N) is 2. The quantitative estimate of drug-likeness (QED) is 0.494. The number of nitrogens with zero attached hydrogens (tertiary/aromatic N) is 3. The van der Waals surface area contributed by atoms with E-state index >= 15 is 0 Å². The van der Waals surface area contributed by atoms with Gasteiger partial charge in [0.15, 0.2) is 5.96 Å². The summed E-state index contributed by atoms with van der Waals surface area (Å²) in [6.45, 7) is 4.92. The maximum Gasteiger partial charge on any atom is 0.216 e. The number of aliphatic imine (C=N–C) groups is 1. The normalized spacial score (nSPS) is 17.3. The highest BCUT2D eigenvalue weighted by molar-refractivity contribution is 5.79. The van der Waals surface area contributed by atoms with Crippen LogP contribution >= 0.6 is 0 Å². The molecule has 0 bridgehead atoms. The van der Waals surface area contributed by atoms with Crippen molar-refractivity contribution < 1.29 is 13.9 Å². The molecule has 2 aromatic heterocycles. The fourth-order valence-corrected chi connectivity index (χ4v) is 3.57. The van der Waals surface area contributed by atoms with Crippen molar-refractivity contribution in [1.29, 1.82) is 0 Å². The third-order valence-corrected chi connectivity index (χ3v) is 5.11. The zero-order chi connectivity index (χ0) is 20.5. The molecule has 0 aromatic carbocycles. The van der Waals surface area contributed by atoms with E-state index < -0.39 is 0 Å². The molecule has 0 radical (unpaired) electrons. The van der Waals surface area contributed by atoms with Gasteiger partial charge in [0.05, 0.1) is 37.3 Å². The number of furan rings is 1. The van der Waals surface area contributed by atoms with E-state index in [-0.39, 0.29) is 6.10 Å². The van der Waals surface area contributed by atoms with Crippen molar-refractivity contribution in [3.05, 3.63) is 35.4 Å². The van der Waals surface area contributed by atoms with Crippen molar-refractivity contribution in [3.63, 3.8) is 0 Å². The summed E-state index contributed by atoms with van der Waals surface area (Å²) in [4.78, 5) is 4.80. The SMILES string of the molecule is CCc1nn(C)c(OC)c1CN=C(NCCc1ccco1)NCC1CCCCO1. The van der Waals surface area contributed by atoms with Gasteiger partial charge < -0.3 is 24.5 Å². The molecule has 1 aliphatic heterocycles. The highest BCUT2D eigenvalue weighted by Crippen LogP contribution is 2.22. The molecule has 1 unspecified atom stereocenters. The molecule has 3 heterocycles. The summed E-state index contributed by atoms with van der Waals surface area (Å²) in [5, 5.41) is 11.4. The van der Waals surface area contributed by atoms with Crippen LogP contribution < -0.4 is 15.4 Å². The van der Waals surface area contributed by atoms with Crippen molar-refractivity contribution >= 4 is 5.96 Å². The Bertz CT molecular complexity index is 764. The van der Waals surface area contributed by atoms with E-state index in [1.54, 1.807) is 18.1 Å². The standard InChI is InChI=1S/C21H33N5O3/c1-4-19-18(20(27-3)26(2)25-19)15-24-21(22-11-10-16-9-7-13-28-16)23-14-17-8-5-6-12-29-17/h7,9,13,17H,4-6,8,10-12,14-15H2,1-3H3,(H2,22,23,24). The Labute approximate surface area is 172 Å². The third-order valence-electron chi connectivity index (χ3n) is 5.11. The lowest BCUT2D eigenvalue weighted by atomic mass is 10.1. The number of guanidine groups is 1. The zero-order valence-electron chi connectivity index (χ0n) is 17.7. The molecule has 0 aliphatic carbocycles. The van der Waals surface area contributed by atoms with Crippen molar-refractivity contribution in [3.8, 4) is 5.88 Å². The van der Waals surface area contributed by atoms with Gasteiger partial charge in [-0.05, 0) is 37.8 Å². The Morgan fingerprint density at radius 3 is 2.97 bits per heavy atom. The molecule has 0 amide bonds. The van der Waals surface area contributed by atoms with Gasteiger partial charge in [0.25, 0.3) is 0 Å². The van der Waals surface area contributed by atoms with E-state index in [0.717, 1.165) is 74.2 Å². The third kappa shape index (κ3) is 6.00. The Morgan fingerprint density at radius 1 is 1.38 bits per heavy atom. The Hall–Kier alpha value is -2.48. The van der Waals surface area contributed by atoms with Crippen LogP contribution in [0.1, 0.15) is 43.2 Å². The summed E-state index contributed by atoms with van der Waals surface area (Å²) in [6.07, 6.45) is 7.03. The van der Waals surface area contributed by atoms with E-state index in [4.69, 9.17) is 18.9 Å². The first kappa shape index (κ1) is 21.2. The van der Waals surface area contributed by atoms with E-state index in [2.05, 4.69) is 22.7 Å². The number of aryl methyl sites for hydroxylation is 2. The van der Waals surface area contributed by atoms with E-state index in [9.17, 15) is 0 Å². The lowest BCUT2D eigenvalue weighted by molar-refractivity contribution is 0.0194. The monoisotopic (exact) mass is 403 g/mol. The molecular formula is C21H33N5O3. The van der Waals surface area contributed by atoms with Gasteiger partial charge in [-0.2, -0.15) is 5.10 Å². The summed E-state index contributed by atoms with van der Waals surface area (Å²) in [5.41, 5.74) is 2.04. The van der Waals surface area contributed by atoms with Gasteiger partial charge in [0.2, 0.25) is 5.88 Å². The molecule has 8 nitrogen and oxygen atoms in total. The number of aromatic nitrogens is 2. The van der Waals surface area contributed by atoms with Crippen LogP contribution in [-0.2, 0) is 31.2 Å². The van der Waals surface area contributed by atoms with Crippen LogP contribution in [0.5, 0.6) is 5.88 Å². The molecule has 2 N–H and O–H groups in total. The second-order valence-corrected chi connectivity index (χ2v) is 7.20. The van der Waals surface area contributed by atoms with Crippen LogP contribution in [0.15, 0.2) is 27.8 Å². The molecule has 8 heteroatoms. The molecule has 29 heavy (non-hydrogen) atoms. The van der Waals surface area contributed by atoms with Crippen LogP contribution in [0.2, 0.25) is 0 Å². The maximum atomic E-state index is 5.84. The molecule has 3 rings (SSSR count). The first-order valence-corrected chi connectivity index (χ1v) is 10.5. The maximum absolute atomic E-state index is 5.84. The Morgan fingerprint density at radius 2 is 2.28 bits per heavy atom. The first-order valence-electron chi connectivity index (χ1n) is 10.5. The minimum absolute atomic E-state index is 0.236. The highest BCUT2D eigenvalue weighted by atomic mass is 16.5. The molecule has 160 valence electrons. The predicted octanol–water partition coefficient (Wildman–Crippen LogP) is 2.43. The molecule has 0 saturated carbocycles. The van der Waals surface area contributed by atoms with Crippen LogP contribution in [-0.4, -0.2) is 48.7 Å². The largest absolute Gasteiger partial charge is 0.481 e. The van der Waals surface area contributed by atoms with E-state index in [0.29, 0.717) is 6.54 Å². The molecular weight excluding hydrogens is 370 g/mol. The van der Waals surface area contributed by atoms with Gasteiger partial charge in [-0.3, -0.25) is 0 Å². The molecule has 0 spiro atoms. The van der Waals surface area contributed by atoms with Gasteiger partial charge in [-0.1, -0.05) is 6.92 Å². The Kier molecular flexibility index (Phi) is 7.98. The smallest absolute Gasteiger partial charge is 0.216 e. The van der Waals surface area contributed by atoms with Crippen LogP contribution in [0.4, 0.5) is 0 Å². The summed E-state index contributed by atoms with van der Waals surface area (Å²) >= 11 is 0. The molecule has 1 fully saturated rings. The number of hydrogen-bond acceptors (Lipinski definition) is 5. The first-order chi connectivity index (χ1) is 14.2. The lowest BCUT2D eigenvalue weighted by Crippen LogP contribution is -2.43. The van der Waals surface area contributed by atoms with Crippen LogP contribution in [0.3, 0.4) is 0 Å². The minimum atomic E-state index is 0.236. The highest BCUT2D eigenvalue weighted by Gasteiger charge is 2.17. The molecule has 1 atom stereocenters. The van der Waals surface area contributed by atoms with Gasteiger partial charge in [-0.25, -0.2) is 9.67 Å². The van der Waals surface area contributed by atoms with Gasteiger partial charge in [-0.15, -0.1) is 0 Å². The average molecular weight is 404 g/mol. The van der Waals surface area contributed by atoms with Crippen molar-refractivity contribution in [2.45, 2.75) is 51.7 Å². The predicted molar refractivity (Wildman–Crippen MR) is 112 cm³/mol. The van der Waals surface area contributed by atoms with Gasteiger partial charge in [0, 0.05) is 33.2 Å². The summed E-state index contributed by atoms with van der Waals surface area (Å²) in [6, 6.07) is 3.89. The average Bonchev–Trinajstić information content (AvgIpc) is 3.37. The van der Waals surface area contributed by atoms with Crippen LogP contribution in [0.25, 0.3) is 0 Å². The number of methoxy groups -OCH3 is 1. The summed E-state index contributed by atoms with van der Waals surface area (Å²) in [7, 11) is 3.57. The van der Waals surface area contributed by atoms with Crippen molar-refractivity contribution in [1.82, 2.24) is 20.4 Å². The second-order valence-electron chi connectivity index (χ2n) is 7.20. The molecule has 1 saturated heterocycles. The fourth-order valence-electron chi connectivity index (χ4n) is 3.57. The number of hydrogen-bond donors (Lipinski definition) is 2. The lowest BCUT2D eigenvalue weighted by Gasteiger charge is -2.23. The van der Waals surface area contributed by atoms with Crippen molar-refractivity contribution in [2.75, 3.05) is 26.8 Å². The van der Waals surface area contributed by atoms with Crippen molar-refractivity contribution in [2.24, 2.45) is 12.0 Å². The zero-order valence-corrected chi connectivity index (χ0v) is 17.7. The fraction of sp³-hybridized carbons (Fsp3) is 0.619. The summed E-state index contributed by atoms with van der Waals surface area (Å²) < 4.78 is 18.6. The topological polar surface area (TPSA) is 85.8 Å². The summed E-state index contributed by atoms with van der Waals surface area (Å²) in [5.74, 6) is 2.48. The minimum Gasteiger partial charge on any atom is -0.481 e. The molecule has 2 aromatic rings. The van der Waals surface area contributed by atoms with Crippen LogP contribution in [0, 0.1) is 0 Å². The van der Waals surface area contributed by atoms with Gasteiger partial charge in [0.1, 0.15) is 5.76 Å². The van der Waals surface area contributed by atoms with E-state index in [1.165, 1.54) is 6.42 Å². The number of ether oxygens (including phenoxy) is 2. The second kappa shape index (κ2) is 10.9.